The minimum atomic E-state index is -0.514. The zero-order valence-electron chi connectivity index (χ0n) is 16.0. The molecule has 148 valence electrons. The quantitative estimate of drug-likeness (QED) is 0.582. The molecule has 0 radical (unpaired) electrons. The van der Waals surface area contributed by atoms with Gasteiger partial charge in [0.25, 0.3) is 5.91 Å². The maximum Gasteiger partial charge on any atom is 0.328 e. The van der Waals surface area contributed by atoms with Gasteiger partial charge in [-0.25, -0.2) is 9.48 Å². The molecule has 0 saturated carbocycles. The van der Waals surface area contributed by atoms with Crippen molar-refractivity contribution in [1.29, 1.82) is 0 Å². The summed E-state index contributed by atoms with van der Waals surface area (Å²) in [6, 6.07) is 6.98. The second kappa shape index (κ2) is 7.95. The average molecular weight is 402 g/mol. The van der Waals surface area contributed by atoms with Crippen molar-refractivity contribution in [2.75, 3.05) is 13.7 Å². The largest absolute Gasteiger partial charge is 0.467 e. The third kappa shape index (κ3) is 3.41. The molecule has 1 fully saturated rings. The van der Waals surface area contributed by atoms with Crippen molar-refractivity contribution in [3.63, 3.8) is 0 Å². The molecule has 2 aliphatic rings. The van der Waals surface area contributed by atoms with Crippen molar-refractivity contribution in [3.8, 4) is 5.69 Å². The summed E-state index contributed by atoms with van der Waals surface area (Å²) in [5, 5.41) is 5.39. The second-order valence-corrected chi connectivity index (χ2v) is 7.84. The number of likely N-dealkylation sites (tertiary alicyclic amines) is 1. The number of carbonyl (C=O) groups excluding carboxylic acids is 2. The first-order valence-electron chi connectivity index (χ1n) is 9.85. The number of nitrogens with zero attached hydrogens (tertiary/aromatic N) is 3. The molecule has 4 rings (SSSR count). The Balaban J connectivity index is 1.75. The molecule has 1 aliphatic heterocycles. The van der Waals surface area contributed by atoms with Gasteiger partial charge in [0.2, 0.25) is 0 Å². The van der Waals surface area contributed by atoms with E-state index in [0.29, 0.717) is 23.7 Å². The number of carbonyl (C=O) groups is 2. The number of ether oxygens (including phenoxy) is 1. The molecule has 1 saturated heterocycles. The van der Waals surface area contributed by atoms with E-state index < -0.39 is 6.04 Å². The van der Waals surface area contributed by atoms with E-state index in [4.69, 9.17) is 21.4 Å². The number of rotatable bonds is 3. The van der Waals surface area contributed by atoms with Crippen molar-refractivity contribution in [1.82, 2.24) is 14.7 Å². The SMILES string of the molecule is COC(=O)C1CCCN1C(=O)c1nn(-c2ccc(Cl)cc2)c2c1CCCCC2. The van der Waals surface area contributed by atoms with Crippen molar-refractivity contribution in [3.05, 3.63) is 46.2 Å². The molecule has 7 heteroatoms. The highest BCUT2D eigenvalue weighted by Crippen LogP contribution is 2.29. The predicted molar refractivity (Wildman–Crippen MR) is 106 cm³/mol. The number of hydrogen-bond acceptors (Lipinski definition) is 4. The summed E-state index contributed by atoms with van der Waals surface area (Å²) < 4.78 is 6.78. The Bertz CT molecular complexity index is 891. The lowest BCUT2D eigenvalue weighted by molar-refractivity contribution is -0.145. The lowest BCUT2D eigenvalue weighted by Crippen LogP contribution is -2.41. The fourth-order valence-corrected chi connectivity index (χ4v) is 4.40. The van der Waals surface area contributed by atoms with E-state index in [9.17, 15) is 9.59 Å². The summed E-state index contributed by atoms with van der Waals surface area (Å²) in [7, 11) is 1.37. The zero-order chi connectivity index (χ0) is 19.7. The Hall–Kier alpha value is -2.34. The number of amides is 1. The standard InChI is InChI=1S/C21H24ClN3O3/c1-28-21(27)18-8-5-13-24(18)20(26)19-16-6-3-2-4-7-17(16)25(23-19)15-11-9-14(22)10-12-15/h9-12,18H,2-8,13H2,1H3. The number of hydrogen-bond donors (Lipinski definition) is 0. The van der Waals surface area contributed by atoms with Gasteiger partial charge in [-0.15, -0.1) is 0 Å². The number of halogens is 1. The van der Waals surface area contributed by atoms with Gasteiger partial charge in [0, 0.05) is 22.8 Å². The molecule has 1 amide bonds. The van der Waals surface area contributed by atoms with Crippen molar-refractivity contribution >= 4 is 23.5 Å². The maximum atomic E-state index is 13.4. The summed E-state index contributed by atoms with van der Waals surface area (Å²) in [5.74, 6) is -0.521. The number of methoxy groups -OCH3 is 1. The molecule has 0 spiro atoms. The molecular weight excluding hydrogens is 378 g/mol. The van der Waals surface area contributed by atoms with Crippen LogP contribution in [0.15, 0.2) is 24.3 Å². The van der Waals surface area contributed by atoms with E-state index >= 15 is 0 Å². The minimum absolute atomic E-state index is 0.168. The van der Waals surface area contributed by atoms with Crippen LogP contribution in [-0.2, 0) is 22.4 Å². The number of benzene rings is 1. The van der Waals surface area contributed by atoms with Crippen LogP contribution in [0.3, 0.4) is 0 Å². The Morgan fingerprint density at radius 1 is 1.11 bits per heavy atom. The summed E-state index contributed by atoms with van der Waals surface area (Å²) in [4.78, 5) is 27.1. The van der Waals surface area contributed by atoms with E-state index in [1.54, 1.807) is 4.90 Å². The fraction of sp³-hybridized carbons (Fsp3) is 0.476. The van der Waals surface area contributed by atoms with E-state index in [1.165, 1.54) is 7.11 Å². The molecule has 1 aromatic heterocycles. The summed E-state index contributed by atoms with van der Waals surface area (Å²) in [6.45, 7) is 0.557. The highest BCUT2D eigenvalue weighted by molar-refractivity contribution is 6.30. The minimum Gasteiger partial charge on any atom is -0.467 e. The van der Waals surface area contributed by atoms with Crippen molar-refractivity contribution in [2.45, 2.75) is 51.0 Å². The van der Waals surface area contributed by atoms with Crippen molar-refractivity contribution in [2.24, 2.45) is 0 Å². The molecule has 1 unspecified atom stereocenters. The van der Waals surface area contributed by atoms with Crippen molar-refractivity contribution < 1.29 is 14.3 Å². The lowest BCUT2D eigenvalue weighted by Gasteiger charge is -2.22. The first kappa shape index (κ1) is 19.0. The first-order chi connectivity index (χ1) is 13.6. The summed E-state index contributed by atoms with van der Waals surface area (Å²) >= 11 is 6.04. The van der Waals surface area contributed by atoms with E-state index in [1.807, 2.05) is 28.9 Å². The van der Waals surface area contributed by atoms with Gasteiger partial charge in [0.1, 0.15) is 6.04 Å². The Kier molecular flexibility index (Phi) is 5.40. The Labute approximate surface area is 169 Å². The molecule has 0 N–H and O–H groups in total. The van der Waals surface area contributed by atoms with Crippen LogP contribution in [0.5, 0.6) is 0 Å². The van der Waals surface area contributed by atoms with Crippen LogP contribution in [0, 0.1) is 0 Å². The number of esters is 1. The predicted octanol–water partition coefficient (Wildman–Crippen LogP) is 3.57. The first-order valence-corrected chi connectivity index (χ1v) is 10.2. The Morgan fingerprint density at radius 3 is 2.61 bits per heavy atom. The van der Waals surface area contributed by atoms with Crippen LogP contribution in [0.4, 0.5) is 0 Å². The normalized spacial score (nSPS) is 19.2. The highest BCUT2D eigenvalue weighted by Gasteiger charge is 2.38. The average Bonchev–Trinajstić information content (AvgIpc) is 3.26. The van der Waals surface area contributed by atoms with Gasteiger partial charge in [-0.3, -0.25) is 4.79 Å². The molecule has 0 bridgehead atoms. The molecule has 1 aromatic carbocycles. The van der Waals surface area contributed by atoms with Gasteiger partial charge in [0.15, 0.2) is 5.69 Å². The van der Waals surface area contributed by atoms with Crippen LogP contribution in [0.25, 0.3) is 5.69 Å². The monoisotopic (exact) mass is 401 g/mol. The molecule has 2 heterocycles. The molecule has 1 aliphatic carbocycles. The van der Waals surface area contributed by atoms with Gasteiger partial charge >= 0.3 is 5.97 Å². The molecule has 1 atom stereocenters. The highest BCUT2D eigenvalue weighted by atomic mass is 35.5. The van der Waals surface area contributed by atoms with Crippen LogP contribution in [-0.4, -0.2) is 46.3 Å². The summed E-state index contributed by atoms with van der Waals surface area (Å²) in [5.41, 5.74) is 3.49. The molecule has 6 nitrogen and oxygen atoms in total. The maximum absolute atomic E-state index is 13.4. The lowest BCUT2D eigenvalue weighted by atomic mass is 10.1. The van der Waals surface area contributed by atoms with Crippen LogP contribution in [0.1, 0.15) is 53.8 Å². The Morgan fingerprint density at radius 2 is 1.86 bits per heavy atom. The smallest absolute Gasteiger partial charge is 0.328 e. The molecule has 28 heavy (non-hydrogen) atoms. The van der Waals surface area contributed by atoms with Crippen LogP contribution < -0.4 is 0 Å². The second-order valence-electron chi connectivity index (χ2n) is 7.40. The van der Waals surface area contributed by atoms with Crippen LogP contribution in [0.2, 0.25) is 5.02 Å². The van der Waals surface area contributed by atoms with E-state index in [-0.39, 0.29) is 11.9 Å². The summed E-state index contributed by atoms with van der Waals surface area (Å²) in [6.07, 6.45) is 6.41. The van der Waals surface area contributed by atoms with E-state index in [2.05, 4.69) is 0 Å². The molecule has 2 aromatic rings. The van der Waals surface area contributed by atoms with Gasteiger partial charge in [-0.2, -0.15) is 5.10 Å². The topological polar surface area (TPSA) is 64.4 Å². The van der Waals surface area contributed by atoms with Gasteiger partial charge in [-0.05, 0) is 62.8 Å². The third-order valence-corrected chi connectivity index (χ3v) is 5.94. The number of fused-ring (bicyclic) bond motifs is 1. The molecular formula is C21H24ClN3O3. The van der Waals surface area contributed by atoms with E-state index in [0.717, 1.165) is 55.5 Å². The van der Waals surface area contributed by atoms with Gasteiger partial charge < -0.3 is 9.64 Å². The number of aromatic nitrogens is 2. The van der Waals surface area contributed by atoms with Gasteiger partial charge in [0.05, 0.1) is 12.8 Å². The van der Waals surface area contributed by atoms with Gasteiger partial charge in [-0.1, -0.05) is 18.0 Å². The van der Waals surface area contributed by atoms with Crippen LogP contribution >= 0.6 is 11.6 Å². The fourth-order valence-electron chi connectivity index (χ4n) is 4.27. The zero-order valence-corrected chi connectivity index (χ0v) is 16.7. The third-order valence-electron chi connectivity index (χ3n) is 5.69.